The van der Waals surface area contributed by atoms with E-state index in [-0.39, 0.29) is 6.04 Å². The van der Waals surface area contributed by atoms with E-state index >= 15 is 0 Å². The monoisotopic (exact) mass is 388 g/mol. The highest BCUT2D eigenvalue weighted by atomic mass is 28.4. The average molecular weight is 388 g/mol. The van der Waals surface area contributed by atoms with Crippen molar-refractivity contribution < 1.29 is 36.4 Å². The minimum atomic E-state index is -3.80. The highest BCUT2D eigenvalue weighted by Crippen LogP contribution is 2.22. The maximum atomic E-state index is 13.1. The second-order valence-electron chi connectivity index (χ2n) is 5.80. The minimum absolute atomic E-state index is 0.0866. The maximum absolute atomic E-state index is 13.1. The smallest absolute Gasteiger partial charge is 0.455 e. The molecule has 0 aliphatic heterocycles. The molecular weight excluding hydrogens is 366 g/mol. The van der Waals surface area contributed by atoms with Crippen molar-refractivity contribution >= 4 is 26.7 Å². The van der Waals surface area contributed by atoms with Gasteiger partial charge in [-0.25, -0.2) is 8.78 Å². The molecule has 1 rings (SSSR count). The molecule has 0 N–H and O–H groups in total. The van der Waals surface area contributed by atoms with Crippen molar-refractivity contribution in [2.45, 2.75) is 52.5 Å². The van der Waals surface area contributed by atoms with Crippen molar-refractivity contribution in [3.63, 3.8) is 0 Å². The molecule has 1 aromatic carbocycles. The fraction of sp³-hybridized carbons (Fsp3) is 0.471. The number of benzene rings is 1. The van der Waals surface area contributed by atoms with Crippen LogP contribution in [-0.2, 0) is 34.1 Å². The zero-order valence-corrected chi connectivity index (χ0v) is 16.0. The molecule has 0 unspecified atom stereocenters. The molecule has 0 aromatic heterocycles. The number of hydrogen-bond donors (Lipinski definition) is 0. The molecule has 0 heterocycles. The van der Waals surface area contributed by atoms with E-state index < -0.39 is 38.3 Å². The molecule has 0 bridgehead atoms. The Labute approximate surface area is 151 Å². The zero-order chi connectivity index (χ0) is 19.7. The Morgan fingerprint density at radius 1 is 0.808 bits per heavy atom. The summed E-state index contributed by atoms with van der Waals surface area (Å²) in [5.74, 6) is -3.41. The van der Waals surface area contributed by atoms with Gasteiger partial charge in [0, 0.05) is 26.8 Å². The summed E-state index contributed by atoms with van der Waals surface area (Å²) in [5, 5.41) is 0. The average Bonchev–Trinajstić information content (AvgIpc) is 2.43. The van der Waals surface area contributed by atoms with Gasteiger partial charge in [0.15, 0.2) is 0 Å². The van der Waals surface area contributed by atoms with E-state index in [0.717, 1.165) is 26.8 Å². The number of hydrogen-bond acceptors (Lipinski definition) is 6. The first kappa shape index (κ1) is 21.7. The maximum Gasteiger partial charge on any atom is 0.705 e. The van der Waals surface area contributed by atoms with Gasteiger partial charge >= 0.3 is 8.80 Å². The van der Waals surface area contributed by atoms with Gasteiger partial charge in [-0.2, -0.15) is 0 Å². The largest absolute Gasteiger partial charge is 0.705 e. The van der Waals surface area contributed by atoms with Gasteiger partial charge in [-0.05, 0) is 37.0 Å². The highest BCUT2D eigenvalue weighted by molar-refractivity contribution is 6.65. The van der Waals surface area contributed by atoms with Gasteiger partial charge in [0.05, 0.1) is 6.04 Å². The molecule has 0 amide bonds. The van der Waals surface area contributed by atoms with Crippen molar-refractivity contribution in [1.29, 1.82) is 0 Å². The van der Waals surface area contributed by atoms with Crippen LogP contribution in [0.15, 0.2) is 18.2 Å². The van der Waals surface area contributed by atoms with Gasteiger partial charge in [0.25, 0.3) is 17.9 Å². The Kier molecular flexibility index (Phi) is 8.37. The first-order valence-electron chi connectivity index (χ1n) is 8.15. The Morgan fingerprint density at radius 3 is 1.69 bits per heavy atom. The van der Waals surface area contributed by atoms with Gasteiger partial charge < -0.3 is 13.3 Å². The van der Waals surface area contributed by atoms with Crippen LogP contribution >= 0.6 is 0 Å². The van der Waals surface area contributed by atoms with Crippen molar-refractivity contribution in [3.8, 4) is 0 Å². The molecule has 1 aromatic rings. The summed E-state index contributed by atoms with van der Waals surface area (Å²) < 4.78 is 41.5. The first-order chi connectivity index (χ1) is 12.1. The van der Waals surface area contributed by atoms with Crippen molar-refractivity contribution in [2.24, 2.45) is 0 Å². The van der Waals surface area contributed by atoms with E-state index in [1.54, 1.807) is 0 Å². The van der Waals surface area contributed by atoms with Crippen LogP contribution in [0.25, 0.3) is 0 Å². The summed E-state index contributed by atoms with van der Waals surface area (Å²) in [4.78, 5) is 34.0. The van der Waals surface area contributed by atoms with Crippen LogP contribution in [0.5, 0.6) is 0 Å². The predicted octanol–water partition coefficient (Wildman–Crippen LogP) is 3.31. The van der Waals surface area contributed by atoms with Gasteiger partial charge in [-0.1, -0.05) is 6.42 Å². The number of carbonyl (C=O) groups is 3. The number of rotatable bonds is 9. The number of aryl methyl sites for hydroxylation is 1. The second-order valence-corrected chi connectivity index (χ2v) is 8.28. The van der Waals surface area contributed by atoms with E-state index in [9.17, 15) is 23.2 Å². The van der Waals surface area contributed by atoms with Crippen LogP contribution in [0.1, 0.15) is 45.6 Å². The molecule has 0 spiro atoms. The molecule has 0 radical (unpaired) electrons. The standard InChI is InChI=1S/C17H22F2O6Si/c1-12(20)23-26(24-13(2)21,25-14(3)22)8-6-4-5-7-15-9-16(18)11-17(19)10-15/h9-11H,4-8H2,1-3H3. The Hall–Kier alpha value is -2.29. The van der Waals surface area contributed by atoms with E-state index in [4.69, 9.17) is 13.3 Å². The lowest BCUT2D eigenvalue weighted by molar-refractivity contribution is -0.147. The molecule has 0 aliphatic rings. The molecule has 0 saturated heterocycles. The van der Waals surface area contributed by atoms with E-state index in [1.807, 2.05) is 0 Å². The Balaban J connectivity index is 2.62. The fourth-order valence-corrected chi connectivity index (χ4v) is 4.90. The van der Waals surface area contributed by atoms with Gasteiger partial charge in [-0.15, -0.1) is 0 Å². The van der Waals surface area contributed by atoms with Crippen LogP contribution in [0.2, 0.25) is 6.04 Å². The highest BCUT2D eigenvalue weighted by Gasteiger charge is 2.51. The van der Waals surface area contributed by atoms with E-state index in [0.29, 0.717) is 31.2 Å². The summed E-state index contributed by atoms with van der Waals surface area (Å²) in [5.41, 5.74) is 0.533. The molecule has 144 valence electrons. The topological polar surface area (TPSA) is 78.9 Å². The summed E-state index contributed by atoms with van der Waals surface area (Å²) in [7, 11) is -3.80. The van der Waals surface area contributed by atoms with Gasteiger partial charge in [-0.3, -0.25) is 14.4 Å². The van der Waals surface area contributed by atoms with Crippen molar-refractivity contribution in [2.75, 3.05) is 0 Å². The third-order valence-corrected chi connectivity index (χ3v) is 6.03. The molecule has 0 fully saturated rings. The van der Waals surface area contributed by atoms with Gasteiger partial charge in [0.2, 0.25) is 0 Å². The van der Waals surface area contributed by atoms with Crippen LogP contribution in [-0.4, -0.2) is 26.7 Å². The van der Waals surface area contributed by atoms with Crippen LogP contribution in [0.3, 0.4) is 0 Å². The van der Waals surface area contributed by atoms with Gasteiger partial charge in [0.1, 0.15) is 11.6 Å². The molecule has 0 aliphatic carbocycles. The van der Waals surface area contributed by atoms with E-state index in [2.05, 4.69) is 0 Å². The lowest BCUT2D eigenvalue weighted by Gasteiger charge is -2.26. The van der Waals surface area contributed by atoms with Crippen molar-refractivity contribution in [1.82, 2.24) is 0 Å². The zero-order valence-electron chi connectivity index (χ0n) is 15.0. The predicted molar refractivity (Wildman–Crippen MR) is 89.8 cm³/mol. The molecule has 26 heavy (non-hydrogen) atoms. The molecule has 6 nitrogen and oxygen atoms in total. The normalized spacial score (nSPS) is 11.0. The number of unbranched alkanes of at least 4 members (excludes halogenated alkanes) is 2. The molecule has 9 heteroatoms. The third kappa shape index (κ3) is 8.19. The lowest BCUT2D eigenvalue weighted by Crippen LogP contribution is -2.49. The summed E-state index contributed by atoms with van der Waals surface area (Å²) in [6, 6.07) is 3.42. The fourth-order valence-electron chi connectivity index (χ4n) is 2.48. The SMILES string of the molecule is CC(=O)O[Si](CCCCCc1cc(F)cc(F)c1)(OC(C)=O)OC(C)=O. The molecule has 0 atom stereocenters. The van der Waals surface area contributed by atoms with Crippen LogP contribution in [0.4, 0.5) is 8.78 Å². The van der Waals surface area contributed by atoms with Crippen LogP contribution in [0, 0.1) is 11.6 Å². The Bertz CT molecular complexity index is 604. The Morgan fingerprint density at radius 2 is 1.27 bits per heavy atom. The summed E-state index contributed by atoms with van der Waals surface area (Å²) in [6.07, 6.45) is 2.10. The number of halogens is 2. The van der Waals surface area contributed by atoms with E-state index in [1.165, 1.54) is 12.1 Å². The van der Waals surface area contributed by atoms with Crippen molar-refractivity contribution in [3.05, 3.63) is 35.4 Å². The third-order valence-electron chi connectivity index (χ3n) is 3.27. The lowest BCUT2D eigenvalue weighted by atomic mass is 10.1. The minimum Gasteiger partial charge on any atom is -0.455 e. The summed E-state index contributed by atoms with van der Waals surface area (Å²) in [6.45, 7) is 3.40. The second kappa shape index (κ2) is 10.0. The summed E-state index contributed by atoms with van der Waals surface area (Å²) >= 11 is 0. The number of carbonyl (C=O) groups excluding carboxylic acids is 3. The van der Waals surface area contributed by atoms with Crippen LogP contribution < -0.4 is 0 Å². The molecule has 0 saturated carbocycles. The first-order valence-corrected chi connectivity index (χ1v) is 10.1. The quantitative estimate of drug-likeness (QED) is 0.477. The molecular formula is C17H22F2O6Si.